The number of benzene rings is 1. The van der Waals surface area contributed by atoms with E-state index in [0.717, 1.165) is 18.4 Å². The first kappa shape index (κ1) is 15.9. The second-order valence-electron chi connectivity index (χ2n) is 5.65. The maximum Gasteiger partial charge on any atom is 0.246 e. The zero-order valence-corrected chi connectivity index (χ0v) is 12.5. The van der Waals surface area contributed by atoms with Crippen LogP contribution in [0.25, 0.3) is 0 Å². The molecule has 0 aromatic heterocycles. The van der Waals surface area contributed by atoms with Crippen molar-refractivity contribution in [2.24, 2.45) is 5.73 Å². The Bertz CT molecular complexity index is 454. The van der Waals surface area contributed by atoms with Gasteiger partial charge in [0.2, 0.25) is 5.91 Å². The first-order valence-electron chi connectivity index (χ1n) is 7.42. The minimum Gasteiger partial charge on any atom is -0.394 e. The molecule has 0 radical (unpaired) electrons. The Kier molecular flexibility index (Phi) is 5.33. The number of amides is 1. The average Bonchev–Trinajstić information content (AvgIpc) is 2.53. The molecule has 1 heterocycles. The van der Waals surface area contributed by atoms with E-state index in [1.54, 1.807) is 6.92 Å². The van der Waals surface area contributed by atoms with E-state index >= 15 is 0 Å². The molecule has 3 N–H and O–H groups in total. The van der Waals surface area contributed by atoms with Crippen molar-refractivity contribution in [1.29, 1.82) is 0 Å². The normalized spacial score (nSPS) is 19.3. The summed E-state index contributed by atoms with van der Waals surface area (Å²) in [7, 11) is 0. The zero-order valence-electron chi connectivity index (χ0n) is 12.5. The van der Waals surface area contributed by atoms with E-state index in [4.69, 9.17) is 15.6 Å². The second-order valence-corrected chi connectivity index (χ2v) is 5.65. The number of likely N-dealkylation sites (tertiary alicyclic amines) is 1. The van der Waals surface area contributed by atoms with Gasteiger partial charge in [-0.2, -0.15) is 0 Å². The maximum absolute atomic E-state index is 12.7. The van der Waals surface area contributed by atoms with Crippen LogP contribution in [-0.4, -0.2) is 48.3 Å². The Hall–Kier alpha value is -1.43. The second kappa shape index (κ2) is 7.02. The Labute approximate surface area is 125 Å². The highest BCUT2D eigenvalue weighted by Crippen LogP contribution is 2.23. The van der Waals surface area contributed by atoms with Crippen LogP contribution in [0.5, 0.6) is 0 Å². The highest BCUT2D eigenvalue weighted by molar-refractivity contribution is 5.87. The van der Waals surface area contributed by atoms with Crippen LogP contribution in [0.1, 0.15) is 25.3 Å². The van der Waals surface area contributed by atoms with Crippen molar-refractivity contribution in [3.63, 3.8) is 0 Å². The molecule has 0 aliphatic carbocycles. The van der Waals surface area contributed by atoms with Gasteiger partial charge in [-0.05, 0) is 25.3 Å². The number of rotatable bonds is 5. The molecule has 5 heteroatoms. The van der Waals surface area contributed by atoms with E-state index in [1.807, 2.05) is 35.2 Å². The van der Waals surface area contributed by atoms with Crippen molar-refractivity contribution in [2.75, 3.05) is 26.3 Å². The number of hydrogen-bond donors (Lipinski definition) is 2. The summed E-state index contributed by atoms with van der Waals surface area (Å²) in [5, 5.41) is 8.76. The number of nitrogens with two attached hydrogens (primary N) is 1. The predicted molar refractivity (Wildman–Crippen MR) is 80.6 cm³/mol. The molecule has 1 fully saturated rings. The number of carbonyl (C=O) groups excluding carboxylic acids is 1. The van der Waals surface area contributed by atoms with Gasteiger partial charge in [0, 0.05) is 13.1 Å². The standard InChI is InChI=1S/C16H24N2O3/c1-16(17,13-5-3-2-4-6-13)15(20)18-9-7-14(8-10-18)21-12-11-19/h2-6,14,19H,7-12,17H2,1H3. The van der Waals surface area contributed by atoms with Gasteiger partial charge in [0.05, 0.1) is 19.3 Å². The molecular weight excluding hydrogens is 268 g/mol. The molecule has 0 saturated carbocycles. The Morgan fingerprint density at radius 1 is 1.38 bits per heavy atom. The lowest BCUT2D eigenvalue weighted by atomic mass is 9.90. The van der Waals surface area contributed by atoms with Crippen LogP contribution < -0.4 is 5.73 Å². The Morgan fingerprint density at radius 2 is 2.00 bits per heavy atom. The third-order valence-corrected chi connectivity index (χ3v) is 3.99. The van der Waals surface area contributed by atoms with Crippen LogP contribution in [0.3, 0.4) is 0 Å². The number of nitrogens with zero attached hydrogens (tertiary/aromatic N) is 1. The molecule has 1 aliphatic heterocycles. The lowest BCUT2D eigenvalue weighted by Gasteiger charge is -2.37. The summed E-state index contributed by atoms with van der Waals surface area (Å²) in [4.78, 5) is 14.5. The topological polar surface area (TPSA) is 75.8 Å². The minimum atomic E-state index is -1.000. The van der Waals surface area contributed by atoms with E-state index < -0.39 is 5.54 Å². The third-order valence-electron chi connectivity index (χ3n) is 3.99. The molecule has 2 rings (SSSR count). The Balaban J connectivity index is 1.95. The maximum atomic E-state index is 12.7. The molecule has 1 saturated heterocycles. The van der Waals surface area contributed by atoms with Crippen molar-refractivity contribution in [2.45, 2.75) is 31.4 Å². The highest BCUT2D eigenvalue weighted by atomic mass is 16.5. The molecule has 1 aromatic rings. The number of hydrogen-bond acceptors (Lipinski definition) is 4. The molecular formula is C16H24N2O3. The SMILES string of the molecule is CC(N)(C(=O)N1CCC(OCCO)CC1)c1ccccc1. The van der Waals surface area contributed by atoms with Crippen molar-refractivity contribution in [3.05, 3.63) is 35.9 Å². The fourth-order valence-corrected chi connectivity index (χ4v) is 2.68. The summed E-state index contributed by atoms with van der Waals surface area (Å²) < 4.78 is 5.51. The zero-order chi connectivity index (χ0) is 15.3. The molecule has 21 heavy (non-hydrogen) atoms. The van der Waals surface area contributed by atoms with Gasteiger partial charge in [-0.1, -0.05) is 30.3 Å². The Morgan fingerprint density at radius 3 is 2.57 bits per heavy atom. The van der Waals surface area contributed by atoms with E-state index in [-0.39, 0.29) is 18.6 Å². The molecule has 116 valence electrons. The van der Waals surface area contributed by atoms with E-state index in [0.29, 0.717) is 19.7 Å². The number of ether oxygens (including phenoxy) is 1. The summed E-state index contributed by atoms with van der Waals surface area (Å²) in [6.07, 6.45) is 1.70. The summed E-state index contributed by atoms with van der Waals surface area (Å²) >= 11 is 0. The van der Waals surface area contributed by atoms with Gasteiger partial charge in [0.1, 0.15) is 5.54 Å². The van der Waals surface area contributed by atoms with Gasteiger partial charge in [0.25, 0.3) is 0 Å². The average molecular weight is 292 g/mol. The van der Waals surface area contributed by atoms with Gasteiger partial charge >= 0.3 is 0 Å². The third kappa shape index (κ3) is 3.81. The molecule has 1 unspecified atom stereocenters. The minimum absolute atomic E-state index is 0.0357. The number of aliphatic hydroxyl groups is 1. The largest absolute Gasteiger partial charge is 0.394 e. The summed E-state index contributed by atoms with van der Waals surface area (Å²) in [5.41, 5.74) is 6.10. The van der Waals surface area contributed by atoms with E-state index in [1.165, 1.54) is 0 Å². The molecule has 5 nitrogen and oxygen atoms in total. The van der Waals surface area contributed by atoms with Gasteiger partial charge < -0.3 is 20.5 Å². The van der Waals surface area contributed by atoms with Crippen LogP contribution in [0, 0.1) is 0 Å². The van der Waals surface area contributed by atoms with E-state index in [9.17, 15) is 4.79 Å². The van der Waals surface area contributed by atoms with Crippen LogP contribution >= 0.6 is 0 Å². The molecule has 1 aliphatic rings. The number of carbonyl (C=O) groups is 1. The first-order valence-corrected chi connectivity index (χ1v) is 7.42. The molecule has 1 amide bonds. The number of aliphatic hydroxyl groups excluding tert-OH is 1. The molecule has 1 atom stereocenters. The van der Waals surface area contributed by atoms with Crippen molar-refractivity contribution in [3.8, 4) is 0 Å². The van der Waals surface area contributed by atoms with Crippen LogP contribution in [0.15, 0.2) is 30.3 Å². The smallest absolute Gasteiger partial charge is 0.246 e. The summed E-state index contributed by atoms with van der Waals surface area (Å²) in [6, 6.07) is 9.46. The summed E-state index contributed by atoms with van der Waals surface area (Å²) in [6.45, 7) is 3.45. The van der Waals surface area contributed by atoms with Gasteiger partial charge in [-0.3, -0.25) is 4.79 Å². The van der Waals surface area contributed by atoms with Crippen LogP contribution in [-0.2, 0) is 15.1 Å². The van der Waals surface area contributed by atoms with Crippen LogP contribution in [0.4, 0.5) is 0 Å². The van der Waals surface area contributed by atoms with Crippen molar-refractivity contribution in [1.82, 2.24) is 4.90 Å². The molecule has 0 spiro atoms. The van der Waals surface area contributed by atoms with Gasteiger partial charge in [0.15, 0.2) is 0 Å². The lowest BCUT2D eigenvalue weighted by molar-refractivity contribution is -0.139. The first-order chi connectivity index (χ1) is 10.1. The highest BCUT2D eigenvalue weighted by Gasteiger charge is 2.36. The molecule has 0 bridgehead atoms. The van der Waals surface area contributed by atoms with Gasteiger partial charge in [-0.25, -0.2) is 0 Å². The lowest BCUT2D eigenvalue weighted by Crippen LogP contribution is -2.53. The van der Waals surface area contributed by atoms with Gasteiger partial charge in [-0.15, -0.1) is 0 Å². The monoisotopic (exact) mass is 292 g/mol. The molecule has 1 aromatic carbocycles. The van der Waals surface area contributed by atoms with Crippen molar-refractivity contribution < 1.29 is 14.6 Å². The quantitative estimate of drug-likeness (QED) is 0.844. The van der Waals surface area contributed by atoms with Crippen LogP contribution in [0.2, 0.25) is 0 Å². The van der Waals surface area contributed by atoms with Crippen molar-refractivity contribution >= 4 is 5.91 Å². The fraction of sp³-hybridized carbons (Fsp3) is 0.562. The predicted octanol–water partition coefficient (Wildman–Crippen LogP) is 0.860. The number of piperidine rings is 1. The van der Waals surface area contributed by atoms with E-state index in [2.05, 4.69) is 0 Å². The fourth-order valence-electron chi connectivity index (χ4n) is 2.68. The summed E-state index contributed by atoms with van der Waals surface area (Å²) in [5.74, 6) is -0.0469.